The fourth-order valence-electron chi connectivity index (χ4n) is 7.60. The van der Waals surface area contributed by atoms with Crippen LogP contribution >= 0.6 is 0 Å². The Hall–Kier alpha value is -0.660. The molecule has 2 heteroatoms. The van der Waals surface area contributed by atoms with Gasteiger partial charge in [0.1, 0.15) is 6.17 Å². The van der Waals surface area contributed by atoms with Crippen LogP contribution in [0.3, 0.4) is 0 Å². The van der Waals surface area contributed by atoms with Crippen LogP contribution in [0.4, 0.5) is 0 Å². The van der Waals surface area contributed by atoms with Gasteiger partial charge in [-0.05, 0) is 25.7 Å². The van der Waals surface area contributed by atoms with Crippen LogP contribution in [-0.4, -0.2) is 29.1 Å². The third-order valence-electron chi connectivity index (χ3n) is 10.8. The summed E-state index contributed by atoms with van der Waals surface area (Å²) in [6.45, 7) is 9.49. The molecule has 0 amide bonds. The molecule has 0 aromatic carbocycles. The van der Waals surface area contributed by atoms with E-state index < -0.39 is 0 Å². The summed E-state index contributed by atoms with van der Waals surface area (Å²) >= 11 is 0. The molecule has 0 saturated heterocycles. The van der Waals surface area contributed by atoms with Gasteiger partial charge < -0.3 is 9.80 Å². The first-order chi connectivity index (χ1) is 22.8. The van der Waals surface area contributed by atoms with Gasteiger partial charge >= 0.3 is 0 Å². The summed E-state index contributed by atoms with van der Waals surface area (Å²) in [7, 11) is 0. The Kier molecular flexibility index (Phi) is 33.6. The summed E-state index contributed by atoms with van der Waals surface area (Å²) in [4.78, 5) is 5.45. The van der Waals surface area contributed by atoms with E-state index in [2.05, 4.69) is 43.0 Å². The highest BCUT2D eigenvalue weighted by molar-refractivity contribution is 4.97. The van der Waals surface area contributed by atoms with E-state index in [0.717, 1.165) is 0 Å². The molecule has 1 aliphatic rings. The second-order valence-corrected chi connectivity index (χ2v) is 15.4. The van der Waals surface area contributed by atoms with E-state index in [0.29, 0.717) is 6.17 Å². The number of hydrogen-bond donors (Lipinski definition) is 0. The minimum Gasteiger partial charge on any atom is -0.356 e. The lowest BCUT2D eigenvalue weighted by Gasteiger charge is -2.33. The van der Waals surface area contributed by atoms with Crippen LogP contribution < -0.4 is 0 Å². The van der Waals surface area contributed by atoms with Crippen molar-refractivity contribution in [1.82, 2.24) is 9.80 Å². The average molecular weight is 645 g/mol. The molecule has 2 nitrogen and oxygen atoms in total. The van der Waals surface area contributed by atoms with Gasteiger partial charge in [-0.2, -0.15) is 0 Å². The third kappa shape index (κ3) is 27.3. The Balaban J connectivity index is 2.14. The second-order valence-electron chi connectivity index (χ2n) is 15.4. The van der Waals surface area contributed by atoms with Crippen LogP contribution in [0.2, 0.25) is 0 Å². The first-order valence-corrected chi connectivity index (χ1v) is 22.0. The first-order valence-electron chi connectivity index (χ1n) is 22.0. The van der Waals surface area contributed by atoms with Gasteiger partial charge in [-0.1, -0.05) is 226 Å². The second kappa shape index (κ2) is 35.6. The molecular formula is C44H88N2. The number of hydrogen-bond acceptors (Lipinski definition) is 2. The molecular weight excluding hydrogens is 556 g/mol. The topological polar surface area (TPSA) is 6.48 Å². The SMILES string of the molecule is CCCCCCCCCCCCCCCCCCN1C=CN(CCCCCCCCCCCCCC)C1CCCCCCCCC. The van der Waals surface area contributed by atoms with E-state index in [9.17, 15) is 0 Å². The Bertz CT molecular complexity index is 601. The molecule has 0 aromatic heterocycles. The van der Waals surface area contributed by atoms with Gasteiger partial charge in [-0.25, -0.2) is 0 Å². The molecule has 0 aliphatic carbocycles. The summed E-state index contributed by atoms with van der Waals surface area (Å²) in [5.41, 5.74) is 0. The summed E-state index contributed by atoms with van der Waals surface area (Å²) in [5, 5.41) is 0. The van der Waals surface area contributed by atoms with E-state index >= 15 is 0 Å². The van der Waals surface area contributed by atoms with Crippen LogP contribution in [0.1, 0.15) is 252 Å². The summed E-state index contributed by atoms with van der Waals surface area (Å²) in [5.74, 6) is 0. The van der Waals surface area contributed by atoms with Gasteiger partial charge in [0.15, 0.2) is 0 Å². The normalized spacial score (nSPS) is 14.7. The largest absolute Gasteiger partial charge is 0.356 e. The fourth-order valence-corrected chi connectivity index (χ4v) is 7.60. The number of nitrogens with zero attached hydrogens (tertiary/aromatic N) is 2. The fraction of sp³-hybridized carbons (Fsp3) is 0.955. The standard InChI is InChI=1S/C44H88N2/c1-4-7-10-13-16-18-20-22-23-24-25-27-29-32-35-38-41-46-43-42-45(44(46)39-36-33-30-15-12-9-6-3)40-37-34-31-28-26-21-19-17-14-11-8-5-2/h42-44H,4-41H2,1-3H3. The highest BCUT2D eigenvalue weighted by Crippen LogP contribution is 2.24. The van der Waals surface area contributed by atoms with Crippen molar-refractivity contribution >= 4 is 0 Å². The van der Waals surface area contributed by atoms with Gasteiger partial charge in [-0.15, -0.1) is 0 Å². The highest BCUT2D eigenvalue weighted by Gasteiger charge is 2.24. The van der Waals surface area contributed by atoms with Crippen molar-refractivity contribution in [1.29, 1.82) is 0 Å². The van der Waals surface area contributed by atoms with Gasteiger partial charge in [0.2, 0.25) is 0 Å². The van der Waals surface area contributed by atoms with E-state index in [1.165, 1.54) is 244 Å². The lowest BCUT2D eigenvalue weighted by Crippen LogP contribution is -2.39. The van der Waals surface area contributed by atoms with Crippen LogP contribution in [-0.2, 0) is 0 Å². The Morgan fingerprint density at radius 1 is 0.283 bits per heavy atom. The predicted molar refractivity (Wildman–Crippen MR) is 210 cm³/mol. The molecule has 1 unspecified atom stereocenters. The molecule has 1 aliphatic heterocycles. The van der Waals surface area contributed by atoms with Crippen molar-refractivity contribution in [3.8, 4) is 0 Å². The summed E-state index contributed by atoms with van der Waals surface area (Å²) in [6.07, 6.45) is 57.4. The Morgan fingerprint density at radius 3 is 0.761 bits per heavy atom. The molecule has 1 rings (SSSR count). The average Bonchev–Trinajstić information content (AvgIpc) is 3.45. The lowest BCUT2D eigenvalue weighted by atomic mass is 10.0. The maximum absolute atomic E-state index is 2.72. The van der Waals surface area contributed by atoms with Crippen molar-refractivity contribution < 1.29 is 0 Å². The van der Waals surface area contributed by atoms with E-state index in [1.54, 1.807) is 0 Å². The molecule has 0 bridgehead atoms. The first kappa shape index (κ1) is 43.4. The highest BCUT2D eigenvalue weighted by atomic mass is 15.4. The lowest BCUT2D eigenvalue weighted by molar-refractivity contribution is 0.135. The molecule has 1 atom stereocenters. The van der Waals surface area contributed by atoms with Gasteiger partial charge in [0.25, 0.3) is 0 Å². The van der Waals surface area contributed by atoms with Gasteiger partial charge in [-0.3, -0.25) is 0 Å². The molecule has 0 saturated carbocycles. The minimum atomic E-state index is 0.639. The number of rotatable bonds is 38. The van der Waals surface area contributed by atoms with Gasteiger partial charge in [0, 0.05) is 25.5 Å². The maximum atomic E-state index is 2.72. The zero-order chi connectivity index (χ0) is 33.0. The van der Waals surface area contributed by atoms with E-state index in [4.69, 9.17) is 0 Å². The van der Waals surface area contributed by atoms with Crippen molar-refractivity contribution in [3.63, 3.8) is 0 Å². The zero-order valence-electron chi connectivity index (χ0n) is 32.5. The monoisotopic (exact) mass is 645 g/mol. The van der Waals surface area contributed by atoms with E-state index in [-0.39, 0.29) is 0 Å². The van der Waals surface area contributed by atoms with Crippen molar-refractivity contribution in [2.75, 3.05) is 13.1 Å². The van der Waals surface area contributed by atoms with E-state index in [1.807, 2.05) is 0 Å². The molecule has 0 spiro atoms. The maximum Gasteiger partial charge on any atom is 0.101 e. The molecule has 0 aromatic rings. The summed E-state index contributed by atoms with van der Waals surface area (Å²) < 4.78 is 0. The van der Waals surface area contributed by atoms with Crippen LogP contribution in [0.15, 0.2) is 12.4 Å². The molecule has 1 heterocycles. The number of unbranched alkanes of at least 4 members (excludes halogenated alkanes) is 32. The van der Waals surface area contributed by atoms with Crippen molar-refractivity contribution in [2.45, 2.75) is 258 Å². The third-order valence-corrected chi connectivity index (χ3v) is 10.8. The van der Waals surface area contributed by atoms with Crippen LogP contribution in [0.25, 0.3) is 0 Å². The van der Waals surface area contributed by atoms with Crippen LogP contribution in [0, 0.1) is 0 Å². The molecule has 0 fully saturated rings. The predicted octanol–water partition coefficient (Wildman–Crippen LogP) is 15.5. The van der Waals surface area contributed by atoms with Crippen molar-refractivity contribution in [3.05, 3.63) is 12.4 Å². The quantitative estimate of drug-likeness (QED) is 0.0617. The molecule has 46 heavy (non-hydrogen) atoms. The van der Waals surface area contributed by atoms with Crippen molar-refractivity contribution in [2.24, 2.45) is 0 Å². The Morgan fingerprint density at radius 2 is 0.500 bits per heavy atom. The summed E-state index contributed by atoms with van der Waals surface area (Å²) in [6, 6.07) is 0. The molecule has 0 radical (unpaired) electrons. The smallest absolute Gasteiger partial charge is 0.101 e. The van der Waals surface area contributed by atoms with Gasteiger partial charge in [0.05, 0.1) is 0 Å². The van der Waals surface area contributed by atoms with Crippen LogP contribution in [0.5, 0.6) is 0 Å². The molecule has 274 valence electrons. The Labute approximate surface area is 292 Å². The molecule has 0 N–H and O–H groups in total. The zero-order valence-corrected chi connectivity index (χ0v) is 32.5. The minimum absolute atomic E-state index is 0.639.